The van der Waals surface area contributed by atoms with Crippen molar-refractivity contribution in [2.24, 2.45) is 13.0 Å². The van der Waals surface area contributed by atoms with E-state index in [-0.39, 0.29) is 24.8 Å². The average molecular weight is 393 g/mol. The van der Waals surface area contributed by atoms with Crippen LogP contribution in [0.2, 0.25) is 5.02 Å². The minimum Gasteiger partial charge on any atom is -0.550 e. The molecule has 0 aliphatic rings. The zero-order chi connectivity index (χ0) is 20.1. The Bertz CT molecular complexity index is 860. The molecule has 2 N–H and O–H groups in total. The number of aliphatic carboxylic acids is 1. The second-order valence-electron chi connectivity index (χ2n) is 6.86. The van der Waals surface area contributed by atoms with Crippen LogP contribution in [-0.2, 0) is 16.6 Å². The molecule has 0 radical (unpaired) electrons. The van der Waals surface area contributed by atoms with Crippen LogP contribution in [0.15, 0.2) is 24.3 Å². The highest BCUT2D eigenvalue weighted by atomic mass is 35.5. The predicted octanol–water partition coefficient (Wildman–Crippen LogP) is 1.23. The predicted molar refractivity (Wildman–Crippen MR) is 101 cm³/mol. The molecule has 0 aliphatic heterocycles. The maximum absolute atomic E-state index is 12.7. The number of fused-ring (bicyclic) bond motifs is 1. The van der Waals surface area contributed by atoms with E-state index in [0.717, 1.165) is 10.9 Å². The molecule has 0 bridgehead atoms. The Morgan fingerprint density at radius 3 is 2.56 bits per heavy atom. The highest BCUT2D eigenvalue weighted by Crippen LogP contribution is 2.22. The molecule has 146 valence electrons. The molecule has 8 heteroatoms. The van der Waals surface area contributed by atoms with Gasteiger partial charge in [0.2, 0.25) is 5.91 Å². The van der Waals surface area contributed by atoms with Crippen LogP contribution in [0, 0.1) is 5.92 Å². The summed E-state index contributed by atoms with van der Waals surface area (Å²) in [4.78, 5) is 35.6. The van der Waals surface area contributed by atoms with Crippen molar-refractivity contribution >= 4 is 40.3 Å². The van der Waals surface area contributed by atoms with Crippen molar-refractivity contribution in [2.45, 2.75) is 32.7 Å². The van der Waals surface area contributed by atoms with Crippen LogP contribution in [-0.4, -0.2) is 34.9 Å². The number of amides is 2. The zero-order valence-electron chi connectivity index (χ0n) is 15.5. The number of nitrogens with one attached hydrogen (secondary N) is 2. The Hall–Kier alpha value is -2.54. The van der Waals surface area contributed by atoms with Crippen molar-refractivity contribution < 1.29 is 19.5 Å². The number of aromatic nitrogens is 1. The Labute approximate surface area is 162 Å². The van der Waals surface area contributed by atoms with E-state index in [1.165, 1.54) is 0 Å². The average Bonchev–Trinajstić information content (AvgIpc) is 2.89. The van der Waals surface area contributed by atoms with Crippen LogP contribution < -0.4 is 15.7 Å². The number of nitrogens with zero attached hydrogens (tertiary/aromatic N) is 1. The Morgan fingerprint density at radius 2 is 1.93 bits per heavy atom. The number of hydrogen-bond donors (Lipinski definition) is 2. The lowest BCUT2D eigenvalue weighted by Crippen LogP contribution is -2.48. The summed E-state index contributed by atoms with van der Waals surface area (Å²) < 4.78 is 1.74. The van der Waals surface area contributed by atoms with Crippen LogP contribution in [0.25, 0.3) is 10.9 Å². The van der Waals surface area contributed by atoms with Gasteiger partial charge in [-0.1, -0.05) is 25.4 Å². The number of carbonyl (C=O) groups is 3. The zero-order valence-corrected chi connectivity index (χ0v) is 16.3. The molecule has 27 heavy (non-hydrogen) atoms. The van der Waals surface area contributed by atoms with Crippen LogP contribution in [0.4, 0.5) is 0 Å². The van der Waals surface area contributed by atoms with E-state index in [0.29, 0.717) is 17.1 Å². The van der Waals surface area contributed by atoms with E-state index in [1.54, 1.807) is 29.8 Å². The molecular weight excluding hydrogens is 370 g/mol. The Balaban J connectivity index is 2.16. The van der Waals surface area contributed by atoms with E-state index in [9.17, 15) is 19.5 Å². The summed E-state index contributed by atoms with van der Waals surface area (Å²) in [7, 11) is 1.77. The molecule has 0 unspecified atom stereocenters. The van der Waals surface area contributed by atoms with Gasteiger partial charge in [-0.05, 0) is 36.6 Å². The maximum Gasteiger partial charge on any atom is 0.268 e. The van der Waals surface area contributed by atoms with Crippen LogP contribution in [0.3, 0.4) is 0 Å². The number of halogens is 1. The van der Waals surface area contributed by atoms with Crippen molar-refractivity contribution in [3.8, 4) is 0 Å². The molecule has 0 saturated carbocycles. The van der Waals surface area contributed by atoms with Crippen molar-refractivity contribution in [3.63, 3.8) is 0 Å². The van der Waals surface area contributed by atoms with Crippen molar-refractivity contribution in [1.82, 2.24) is 15.2 Å². The first-order valence-corrected chi connectivity index (χ1v) is 9.10. The summed E-state index contributed by atoms with van der Waals surface area (Å²) in [5.41, 5.74) is 1.26. The van der Waals surface area contributed by atoms with Crippen molar-refractivity contribution in [3.05, 3.63) is 35.0 Å². The van der Waals surface area contributed by atoms with E-state index < -0.39 is 17.9 Å². The number of benzene rings is 1. The van der Waals surface area contributed by atoms with Gasteiger partial charge in [0.05, 0.1) is 0 Å². The van der Waals surface area contributed by atoms with Gasteiger partial charge in [-0.15, -0.1) is 0 Å². The minimum atomic E-state index is -1.24. The third kappa shape index (κ3) is 5.47. The van der Waals surface area contributed by atoms with E-state index in [1.807, 2.05) is 19.9 Å². The van der Waals surface area contributed by atoms with Gasteiger partial charge in [0.1, 0.15) is 11.7 Å². The quantitative estimate of drug-likeness (QED) is 0.705. The lowest BCUT2D eigenvalue weighted by molar-refractivity contribution is -0.305. The SMILES string of the molecule is CC(C)C[C@H](NC(=O)c1cc2cc(Cl)ccc2n1C)C(=O)NCCC(=O)[O-]. The number of rotatable bonds is 8. The molecule has 2 amide bonds. The first-order valence-electron chi connectivity index (χ1n) is 8.72. The summed E-state index contributed by atoms with van der Waals surface area (Å²) in [6.07, 6.45) is 0.150. The largest absolute Gasteiger partial charge is 0.550 e. The van der Waals surface area contributed by atoms with Gasteiger partial charge in [-0.2, -0.15) is 0 Å². The van der Waals surface area contributed by atoms with Gasteiger partial charge in [0, 0.05) is 41.9 Å². The molecule has 2 rings (SSSR count). The van der Waals surface area contributed by atoms with E-state index in [2.05, 4.69) is 10.6 Å². The Kier molecular flexibility index (Phi) is 6.85. The maximum atomic E-state index is 12.7. The summed E-state index contributed by atoms with van der Waals surface area (Å²) in [6.45, 7) is 3.83. The van der Waals surface area contributed by atoms with Gasteiger partial charge in [-0.3, -0.25) is 9.59 Å². The number of hydrogen-bond acceptors (Lipinski definition) is 4. The van der Waals surface area contributed by atoms with Crippen LogP contribution in [0.1, 0.15) is 37.2 Å². The fourth-order valence-corrected chi connectivity index (χ4v) is 3.06. The molecule has 0 spiro atoms. The molecule has 1 atom stereocenters. The summed E-state index contributed by atoms with van der Waals surface area (Å²) >= 11 is 6.00. The van der Waals surface area contributed by atoms with E-state index >= 15 is 0 Å². The summed E-state index contributed by atoms with van der Waals surface area (Å²) in [5, 5.41) is 17.2. The topological polar surface area (TPSA) is 103 Å². The summed E-state index contributed by atoms with van der Waals surface area (Å²) in [6, 6.07) is 6.30. The molecule has 1 heterocycles. The lowest BCUT2D eigenvalue weighted by atomic mass is 10.0. The van der Waals surface area contributed by atoms with Gasteiger partial charge < -0.3 is 25.1 Å². The number of carboxylic acid groups (broad SMARTS) is 1. The van der Waals surface area contributed by atoms with Gasteiger partial charge in [0.15, 0.2) is 0 Å². The third-order valence-electron chi connectivity index (χ3n) is 4.19. The lowest BCUT2D eigenvalue weighted by Gasteiger charge is -2.20. The van der Waals surface area contributed by atoms with Gasteiger partial charge in [-0.25, -0.2) is 0 Å². The molecule has 0 aliphatic carbocycles. The first-order chi connectivity index (χ1) is 12.7. The third-order valence-corrected chi connectivity index (χ3v) is 4.43. The summed E-state index contributed by atoms with van der Waals surface area (Å²) in [5.74, 6) is -1.88. The second kappa shape index (κ2) is 8.90. The molecular formula is C19H23ClN3O4-. The Morgan fingerprint density at radius 1 is 1.22 bits per heavy atom. The minimum absolute atomic E-state index is 0.0435. The second-order valence-corrected chi connectivity index (χ2v) is 7.30. The standard InChI is InChI=1S/C19H24ClN3O4/c1-11(2)8-14(18(26)21-7-6-17(24)25)22-19(27)16-10-12-9-13(20)4-5-15(12)23(16)3/h4-5,9-11,14H,6-8H2,1-3H3,(H,21,26)(H,22,27)(H,24,25)/p-1/t14-/m0/s1. The molecule has 2 aromatic rings. The van der Waals surface area contributed by atoms with Crippen molar-refractivity contribution in [1.29, 1.82) is 0 Å². The van der Waals surface area contributed by atoms with Crippen molar-refractivity contribution in [2.75, 3.05) is 6.54 Å². The number of aryl methyl sites for hydroxylation is 1. The fraction of sp³-hybridized carbons (Fsp3) is 0.421. The van der Waals surface area contributed by atoms with E-state index in [4.69, 9.17) is 11.6 Å². The van der Waals surface area contributed by atoms with Crippen LogP contribution >= 0.6 is 11.6 Å². The van der Waals surface area contributed by atoms with Crippen LogP contribution in [0.5, 0.6) is 0 Å². The molecule has 1 aromatic carbocycles. The molecule has 0 saturated heterocycles. The normalized spacial score (nSPS) is 12.2. The highest BCUT2D eigenvalue weighted by molar-refractivity contribution is 6.31. The highest BCUT2D eigenvalue weighted by Gasteiger charge is 2.24. The monoisotopic (exact) mass is 392 g/mol. The van der Waals surface area contributed by atoms with Gasteiger partial charge in [0.25, 0.3) is 5.91 Å². The number of carboxylic acids is 1. The fourth-order valence-electron chi connectivity index (χ4n) is 2.88. The number of carbonyl (C=O) groups excluding carboxylic acids is 3. The smallest absolute Gasteiger partial charge is 0.268 e. The molecule has 7 nitrogen and oxygen atoms in total. The molecule has 1 aromatic heterocycles. The van der Waals surface area contributed by atoms with Gasteiger partial charge >= 0.3 is 0 Å². The molecule has 0 fully saturated rings. The first kappa shape index (κ1) is 20.8.